The van der Waals surface area contributed by atoms with Gasteiger partial charge in [-0.2, -0.15) is 0 Å². The Morgan fingerprint density at radius 2 is 1.96 bits per heavy atom. The maximum absolute atomic E-state index is 6.58. The molecular formula is C18H28N2O3S. The van der Waals surface area contributed by atoms with Crippen LogP contribution in [0.5, 0.6) is 0 Å². The Labute approximate surface area is 148 Å². The van der Waals surface area contributed by atoms with Crippen molar-refractivity contribution in [2.75, 3.05) is 59.2 Å². The molecule has 2 atom stereocenters. The maximum Gasteiger partial charge on any atom is 0.105 e. The first-order chi connectivity index (χ1) is 11.8. The van der Waals surface area contributed by atoms with Crippen molar-refractivity contribution in [3.63, 3.8) is 0 Å². The van der Waals surface area contributed by atoms with Gasteiger partial charge < -0.3 is 14.2 Å². The maximum atomic E-state index is 6.58. The fourth-order valence-electron chi connectivity index (χ4n) is 4.06. The summed E-state index contributed by atoms with van der Waals surface area (Å²) in [6.07, 6.45) is 2.60. The van der Waals surface area contributed by atoms with Gasteiger partial charge >= 0.3 is 0 Å². The summed E-state index contributed by atoms with van der Waals surface area (Å²) in [5.74, 6) is 0. The Bertz CT molecular complexity index is 506. The number of hydrogen-bond donors (Lipinski definition) is 0. The number of rotatable bonds is 4. The second-order valence-electron chi connectivity index (χ2n) is 7.22. The second kappa shape index (κ2) is 7.81. The van der Waals surface area contributed by atoms with Gasteiger partial charge in [-0.05, 0) is 24.3 Å². The van der Waals surface area contributed by atoms with Crippen LogP contribution in [0.25, 0.3) is 0 Å². The number of hydrogen-bond acceptors (Lipinski definition) is 6. The predicted octanol–water partition coefficient (Wildman–Crippen LogP) is 1.83. The van der Waals surface area contributed by atoms with E-state index in [1.54, 1.807) is 0 Å². The highest BCUT2D eigenvalue weighted by Gasteiger charge is 2.43. The average Bonchev–Trinajstić information content (AvgIpc) is 3.18. The fraction of sp³-hybridized carbons (Fsp3) is 0.778. The molecule has 0 radical (unpaired) electrons. The molecule has 0 N–H and O–H groups in total. The van der Waals surface area contributed by atoms with Crippen LogP contribution in [0.15, 0.2) is 17.5 Å². The van der Waals surface area contributed by atoms with E-state index >= 15 is 0 Å². The van der Waals surface area contributed by atoms with Crippen LogP contribution < -0.4 is 0 Å². The molecule has 5 nitrogen and oxygen atoms in total. The molecular weight excluding hydrogens is 324 g/mol. The lowest BCUT2D eigenvalue weighted by atomic mass is 10.00. The van der Waals surface area contributed by atoms with Crippen LogP contribution in [0.1, 0.15) is 17.7 Å². The zero-order valence-electron chi connectivity index (χ0n) is 14.3. The molecule has 0 amide bonds. The van der Waals surface area contributed by atoms with Gasteiger partial charge in [-0.25, -0.2) is 0 Å². The van der Waals surface area contributed by atoms with Crippen LogP contribution in [0, 0.1) is 0 Å². The Balaban J connectivity index is 1.34. The van der Waals surface area contributed by atoms with E-state index < -0.39 is 0 Å². The van der Waals surface area contributed by atoms with Crippen LogP contribution >= 0.6 is 11.3 Å². The van der Waals surface area contributed by atoms with Gasteiger partial charge in [0, 0.05) is 44.1 Å². The van der Waals surface area contributed by atoms with E-state index in [0.717, 1.165) is 78.5 Å². The van der Waals surface area contributed by atoms with Gasteiger partial charge in [0.25, 0.3) is 0 Å². The van der Waals surface area contributed by atoms with Gasteiger partial charge in [0.15, 0.2) is 0 Å². The highest BCUT2D eigenvalue weighted by atomic mass is 32.1. The van der Waals surface area contributed by atoms with E-state index in [4.69, 9.17) is 14.2 Å². The monoisotopic (exact) mass is 352 g/mol. The molecule has 24 heavy (non-hydrogen) atoms. The van der Waals surface area contributed by atoms with Crippen LogP contribution in [0.3, 0.4) is 0 Å². The lowest BCUT2D eigenvalue weighted by molar-refractivity contribution is -0.0966. The molecule has 1 spiro atoms. The molecule has 1 aromatic heterocycles. The third kappa shape index (κ3) is 4.18. The average molecular weight is 353 g/mol. The van der Waals surface area contributed by atoms with Gasteiger partial charge in [0.05, 0.1) is 32.5 Å². The summed E-state index contributed by atoms with van der Waals surface area (Å²) >= 11 is 1.84. The van der Waals surface area contributed by atoms with Crippen LogP contribution in [0.4, 0.5) is 0 Å². The summed E-state index contributed by atoms with van der Waals surface area (Å²) < 4.78 is 17.9. The minimum absolute atomic E-state index is 0.106. The topological polar surface area (TPSA) is 34.2 Å². The first kappa shape index (κ1) is 16.9. The molecule has 4 rings (SSSR count). The van der Waals surface area contributed by atoms with E-state index in [1.165, 1.54) is 4.88 Å². The van der Waals surface area contributed by atoms with Crippen molar-refractivity contribution in [2.24, 2.45) is 0 Å². The van der Waals surface area contributed by atoms with E-state index in [-0.39, 0.29) is 5.60 Å². The molecule has 1 aromatic rings. The number of nitrogens with zero attached hydrogens (tertiary/aromatic N) is 2. The number of morpholine rings is 1. The normalized spacial score (nSPS) is 33.1. The molecule has 3 fully saturated rings. The summed E-state index contributed by atoms with van der Waals surface area (Å²) in [5, 5.41) is 2.16. The molecule has 3 aliphatic rings. The Kier molecular flexibility index (Phi) is 5.51. The van der Waals surface area contributed by atoms with Gasteiger partial charge in [-0.15, -0.1) is 11.3 Å². The van der Waals surface area contributed by atoms with Crippen molar-refractivity contribution in [1.82, 2.24) is 9.80 Å². The molecule has 0 unspecified atom stereocenters. The minimum Gasteiger partial charge on any atom is -0.379 e. The fourth-order valence-corrected chi connectivity index (χ4v) is 4.81. The highest BCUT2D eigenvalue weighted by molar-refractivity contribution is 7.09. The molecule has 0 saturated carbocycles. The zero-order valence-corrected chi connectivity index (χ0v) is 15.1. The van der Waals surface area contributed by atoms with Crippen molar-refractivity contribution < 1.29 is 14.2 Å². The Morgan fingerprint density at radius 1 is 1.12 bits per heavy atom. The van der Waals surface area contributed by atoms with Gasteiger partial charge in [-0.1, -0.05) is 6.07 Å². The van der Waals surface area contributed by atoms with Crippen LogP contribution in [0.2, 0.25) is 0 Å². The van der Waals surface area contributed by atoms with E-state index in [2.05, 4.69) is 27.3 Å². The van der Waals surface area contributed by atoms with Crippen LogP contribution in [-0.4, -0.2) is 80.7 Å². The van der Waals surface area contributed by atoms with Gasteiger partial charge in [0.1, 0.15) is 5.60 Å². The molecule has 6 heteroatoms. The van der Waals surface area contributed by atoms with Gasteiger partial charge in [0.2, 0.25) is 0 Å². The molecule has 0 bridgehead atoms. The van der Waals surface area contributed by atoms with Crippen molar-refractivity contribution in [1.29, 1.82) is 0 Å². The van der Waals surface area contributed by atoms with Crippen LogP contribution in [-0.2, 0) is 20.8 Å². The Morgan fingerprint density at radius 3 is 2.79 bits per heavy atom. The van der Waals surface area contributed by atoms with Crippen molar-refractivity contribution in [3.05, 3.63) is 22.4 Å². The minimum atomic E-state index is -0.106. The largest absolute Gasteiger partial charge is 0.379 e. The highest BCUT2D eigenvalue weighted by Crippen LogP contribution is 2.34. The van der Waals surface area contributed by atoms with Crippen molar-refractivity contribution in [2.45, 2.75) is 31.1 Å². The number of ether oxygens (including phenoxy) is 3. The molecule has 3 aliphatic heterocycles. The quantitative estimate of drug-likeness (QED) is 0.826. The zero-order chi connectivity index (χ0) is 16.2. The van der Waals surface area contributed by atoms with Gasteiger partial charge in [-0.3, -0.25) is 9.80 Å². The lowest BCUT2D eigenvalue weighted by Gasteiger charge is -2.33. The standard InChI is InChI=1S/C18H28N2O3S/c1-2-17(24-11-1)13-20-7-10-22-15-18(14-20)4-3-16(23-18)12-19-5-8-21-9-6-19/h1-2,11,16H,3-10,12-15H2/t16-,18-/m1/s1. The SMILES string of the molecule is c1csc(CN2CCOC[C@@]3(CC[C@H](CN4CCOCC4)O3)C2)c1. The summed E-state index contributed by atoms with van der Waals surface area (Å²) in [4.78, 5) is 6.42. The molecule has 0 aromatic carbocycles. The summed E-state index contributed by atoms with van der Waals surface area (Å²) in [6, 6.07) is 4.36. The first-order valence-corrected chi connectivity index (χ1v) is 10.00. The third-order valence-electron chi connectivity index (χ3n) is 5.29. The molecule has 0 aliphatic carbocycles. The van der Waals surface area contributed by atoms with E-state index in [0.29, 0.717) is 6.10 Å². The molecule has 4 heterocycles. The first-order valence-electron chi connectivity index (χ1n) is 9.12. The third-order valence-corrected chi connectivity index (χ3v) is 6.15. The molecule has 134 valence electrons. The van der Waals surface area contributed by atoms with Crippen molar-refractivity contribution in [3.8, 4) is 0 Å². The van der Waals surface area contributed by atoms with Crippen molar-refractivity contribution >= 4 is 11.3 Å². The molecule has 3 saturated heterocycles. The predicted molar refractivity (Wildman–Crippen MR) is 94.5 cm³/mol. The summed E-state index contributed by atoms with van der Waals surface area (Å²) in [7, 11) is 0. The van der Waals surface area contributed by atoms with E-state index in [1.807, 2.05) is 11.3 Å². The van der Waals surface area contributed by atoms with E-state index in [9.17, 15) is 0 Å². The lowest BCUT2D eigenvalue weighted by Crippen LogP contribution is -2.46. The number of thiophene rings is 1. The summed E-state index contributed by atoms with van der Waals surface area (Å²) in [6.45, 7) is 9.38. The summed E-state index contributed by atoms with van der Waals surface area (Å²) in [5.41, 5.74) is -0.106. The second-order valence-corrected chi connectivity index (χ2v) is 8.25. The Hall–Kier alpha value is -0.500. The smallest absolute Gasteiger partial charge is 0.105 e.